The molecule has 11 heteroatoms. The van der Waals surface area contributed by atoms with Gasteiger partial charge >= 0.3 is 6.18 Å². The van der Waals surface area contributed by atoms with Gasteiger partial charge in [0.2, 0.25) is 5.91 Å². The number of benzene rings is 2. The highest BCUT2D eigenvalue weighted by molar-refractivity contribution is 6.31. The Morgan fingerprint density at radius 1 is 1.06 bits per heavy atom. The smallest absolute Gasteiger partial charge is 0.325 e. The quantitative estimate of drug-likeness (QED) is 0.643. The van der Waals surface area contributed by atoms with Crippen molar-refractivity contribution in [3.8, 4) is 0 Å². The third kappa shape index (κ3) is 5.15. The summed E-state index contributed by atoms with van der Waals surface area (Å²) in [6, 6.07) is 11.1. The zero-order valence-electron chi connectivity index (χ0n) is 16.4. The minimum atomic E-state index is -4.58. The maximum Gasteiger partial charge on any atom is 0.417 e. The van der Waals surface area contributed by atoms with Crippen LogP contribution in [-0.4, -0.2) is 63.4 Å². The van der Waals surface area contributed by atoms with E-state index in [0.29, 0.717) is 19.8 Å². The SMILES string of the molecule is O=C(CN1CCN(Cn2nnc3ccccc32)CC1)Nc1ccc(Cl)c(C(F)(F)F)c1. The average molecular weight is 453 g/mol. The molecule has 2 aromatic carbocycles. The number of anilines is 1. The molecule has 4 rings (SSSR count). The van der Waals surface area contributed by atoms with Crippen LogP contribution in [0.2, 0.25) is 5.02 Å². The van der Waals surface area contributed by atoms with Gasteiger partial charge in [0.1, 0.15) is 5.52 Å². The number of carbonyl (C=O) groups is 1. The van der Waals surface area contributed by atoms with Gasteiger partial charge in [-0.3, -0.25) is 14.6 Å². The summed E-state index contributed by atoms with van der Waals surface area (Å²) in [6.45, 7) is 3.50. The van der Waals surface area contributed by atoms with Gasteiger partial charge in [-0.25, -0.2) is 4.68 Å². The normalized spacial score (nSPS) is 16.0. The number of carbonyl (C=O) groups excluding carboxylic acids is 1. The van der Waals surface area contributed by atoms with Gasteiger partial charge in [-0.05, 0) is 30.3 Å². The van der Waals surface area contributed by atoms with Crippen molar-refractivity contribution in [2.45, 2.75) is 12.8 Å². The van der Waals surface area contributed by atoms with Crippen molar-refractivity contribution < 1.29 is 18.0 Å². The summed E-state index contributed by atoms with van der Waals surface area (Å²) in [4.78, 5) is 16.5. The molecular weight excluding hydrogens is 433 g/mol. The van der Waals surface area contributed by atoms with Crippen molar-refractivity contribution in [3.05, 3.63) is 53.1 Å². The molecule has 1 aliphatic heterocycles. The van der Waals surface area contributed by atoms with E-state index < -0.39 is 16.8 Å². The van der Waals surface area contributed by atoms with Gasteiger partial charge in [0.25, 0.3) is 0 Å². The molecular formula is C20H20ClF3N6O. The van der Waals surface area contributed by atoms with Gasteiger partial charge in [-0.15, -0.1) is 5.10 Å². The molecule has 1 amide bonds. The molecule has 0 unspecified atom stereocenters. The molecule has 1 N–H and O–H groups in total. The zero-order chi connectivity index (χ0) is 22.0. The van der Waals surface area contributed by atoms with Crippen molar-refractivity contribution >= 4 is 34.2 Å². The lowest BCUT2D eigenvalue weighted by molar-refractivity contribution is -0.137. The minimum Gasteiger partial charge on any atom is -0.325 e. The first-order valence-corrected chi connectivity index (χ1v) is 10.1. The first-order valence-electron chi connectivity index (χ1n) is 9.69. The van der Waals surface area contributed by atoms with Crippen molar-refractivity contribution in [2.75, 3.05) is 38.0 Å². The molecule has 0 atom stereocenters. The number of hydrogen-bond donors (Lipinski definition) is 1. The summed E-state index contributed by atoms with van der Waals surface area (Å²) in [5.74, 6) is -0.369. The molecule has 0 saturated carbocycles. The van der Waals surface area contributed by atoms with Gasteiger partial charge in [0.15, 0.2) is 0 Å². The number of nitrogens with one attached hydrogen (secondary N) is 1. The fourth-order valence-electron chi connectivity index (χ4n) is 3.52. The van der Waals surface area contributed by atoms with E-state index in [4.69, 9.17) is 11.6 Å². The van der Waals surface area contributed by atoms with Crippen LogP contribution in [-0.2, 0) is 17.6 Å². The number of aromatic nitrogens is 3. The highest BCUT2D eigenvalue weighted by Gasteiger charge is 2.33. The number of halogens is 4. The number of piperazine rings is 1. The van der Waals surface area contributed by atoms with Crippen LogP contribution < -0.4 is 5.32 Å². The van der Waals surface area contributed by atoms with Gasteiger partial charge in [-0.2, -0.15) is 13.2 Å². The van der Waals surface area contributed by atoms with Gasteiger partial charge in [-0.1, -0.05) is 28.9 Å². The zero-order valence-corrected chi connectivity index (χ0v) is 17.2. The Balaban J connectivity index is 1.28. The topological polar surface area (TPSA) is 66.3 Å². The second-order valence-electron chi connectivity index (χ2n) is 7.35. The van der Waals surface area contributed by atoms with Crippen LogP contribution in [0, 0.1) is 0 Å². The van der Waals surface area contributed by atoms with E-state index in [2.05, 4.69) is 20.5 Å². The number of fused-ring (bicyclic) bond motifs is 1. The number of para-hydroxylation sites is 1. The Bertz CT molecular complexity index is 1080. The van der Waals surface area contributed by atoms with Crippen LogP contribution in [0.1, 0.15) is 5.56 Å². The van der Waals surface area contributed by atoms with Crippen LogP contribution in [0.5, 0.6) is 0 Å². The number of rotatable bonds is 5. The molecule has 2 heterocycles. The fourth-order valence-corrected chi connectivity index (χ4v) is 3.75. The molecule has 1 fully saturated rings. The number of hydrogen-bond acceptors (Lipinski definition) is 5. The monoisotopic (exact) mass is 452 g/mol. The summed E-state index contributed by atoms with van der Waals surface area (Å²) in [7, 11) is 0. The van der Waals surface area contributed by atoms with Crippen LogP contribution >= 0.6 is 11.6 Å². The highest BCUT2D eigenvalue weighted by atomic mass is 35.5. The predicted molar refractivity (Wildman–Crippen MR) is 111 cm³/mol. The van der Waals surface area contributed by atoms with Crippen LogP contribution in [0.15, 0.2) is 42.5 Å². The summed E-state index contributed by atoms with van der Waals surface area (Å²) < 4.78 is 40.8. The van der Waals surface area contributed by atoms with Gasteiger partial charge < -0.3 is 5.32 Å². The Kier molecular flexibility index (Phi) is 6.12. The van der Waals surface area contributed by atoms with Crippen LogP contribution in [0.4, 0.5) is 18.9 Å². The summed E-state index contributed by atoms with van der Waals surface area (Å²) in [5, 5.41) is 10.5. The molecule has 0 bridgehead atoms. The van der Waals surface area contributed by atoms with Gasteiger partial charge in [0, 0.05) is 31.9 Å². The van der Waals surface area contributed by atoms with Crippen LogP contribution in [0.3, 0.4) is 0 Å². The molecule has 0 spiro atoms. The molecule has 0 aliphatic carbocycles. The minimum absolute atomic E-state index is 0.0680. The first kappa shape index (κ1) is 21.5. The number of nitrogens with zero attached hydrogens (tertiary/aromatic N) is 5. The van der Waals surface area contributed by atoms with E-state index in [1.54, 1.807) is 0 Å². The molecule has 1 aliphatic rings. The first-order chi connectivity index (χ1) is 14.8. The lowest BCUT2D eigenvalue weighted by Gasteiger charge is -2.34. The number of alkyl halides is 3. The molecule has 31 heavy (non-hydrogen) atoms. The average Bonchev–Trinajstić information content (AvgIpc) is 3.13. The molecule has 7 nitrogen and oxygen atoms in total. The largest absolute Gasteiger partial charge is 0.417 e. The van der Waals surface area contributed by atoms with Crippen molar-refractivity contribution in [2.24, 2.45) is 0 Å². The molecule has 1 saturated heterocycles. The predicted octanol–water partition coefficient (Wildman–Crippen LogP) is 3.32. The highest BCUT2D eigenvalue weighted by Crippen LogP contribution is 2.36. The van der Waals surface area contributed by atoms with E-state index in [0.717, 1.165) is 36.3 Å². The summed E-state index contributed by atoms with van der Waals surface area (Å²) in [6.07, 6.45) is -4.58. The van der Waals surface area contributed by atoms with E-state index in [9.17, 15) is 18.0 Å². The van der Waals surface area contributed by atoms with E-state index >= 15 is 0 Å². The van der Waals surface area contributed by atoms with Crippen molar-refractivity contribution in [3.63, 3.8) is 0 Å². The third-order valence-electron chi connectivity index (χ3n) is 5.14. The molecule has 1 aromatic heterocycles. The van der Waals surface area contributed by atoms with E-state index in [-0.39, 0.29) is 18.1 Å². The molecule has 164 valence electrons. The fraction of sp³-hybridized carbons (Fsp3) is 0.350. The third-order valence-corrected chi connectivity index (χ3v) is 5.47. The van der Waals surface area contributed by atoms with Gasteiger partial charge in [0.05, 0.1) is 29.3 Å². The second kappa shape index (κ2) is 8.81. The number of amides is 1. The maximum atomic E-state index is 13.0. The van der Waals surface area contributed by atoms with E-state index in [1.807, 2.05) is 33.8 Å². The Morgan fingerprint density at radius 2 is 1.77 bits per heavy atom. The second-order valence-corrected chi connectivity index (χ2v) is 7.76. The van der Waals surface area contributed by atoms with Crippen molar-refractivity contribution in [1.82, 2.24) is 24.8 Å². The standard InChI is InChI=1S/C20H20ClF3N6O/c21-16-6-5-14(11-15(16)20(22,23)24)25-19(31)12-28-7-9-29(10-8-28)13-30-18-4-2-1-3-17(18)26-27-30/h1-6,11H,7-10,12-13H2,(H,25,31). The van der Waals surface area contributed by atoms with E-state index in [1.165, 1.54) is 6.07 Å². The molecule has 3 aromatic rings. The van der Waals surface area contributed by atoms with Crippen molar-refractivity contribution in [1.29, 1.82) is 0 Å². The Morgan fingerprint density at radius 3 is 2.52 bits per heavy atom. The Hall–Kier alpha value is -2.69. The van der Waals surface area contributed by atoms with Crippen LogP contribution in [0.25, 0.3) is 11.0 Å². The maximum absolute atomic E-state index is 13.0. The molecule has 0 radical (unpaired) electrons. The lowest BCUT2D eigenvalue weighted by Crippen LogP contribution is -2.48. The lowest BCUT2D eigenvalue weighted by atomic mass is 10.2. The summed E-state index contributed by atoms with van der Waals surface area (Å²) in [5.41, 5.74) is 0.902. The summed E-state index contributed by atoms with van der Waals surface area (Å²) >= 11 is 5.61. The Labute approximate surface area is 181 Å².